The lowest BCUT2D eigenvalue weighted by Crippen LogP contribution is -2.32. The number of aliphatic hydroxyl groups excluding tert-OH is 2. The van der Waals surface area contributed by atoms with E-state index >= 15 is 0 Å². The SMILES string of the molecule is C[C@H](Cc1cccc(CC(=O)NCc2ccc(CNC(c3ccccc3)c3ccccc3)cc2)c1)NC[C@H](O)c1ccc(O)c(CO)c1. The lowest BCUT2D eigenvalue weighted by Gasteiger charge is -2.20. The zero-order valence-corrected chi connectivity index (χ0v) is 27.3. The number of amides is 1. The molecule has 7 nitrogen and oxygen atoms in total. The van der Waals surface area contributed by atoms with Gasteiger partial charge in [-0.2, -0.15) is 0 Å². The van der Waals surface area contributed by atoms with Crippen LogP contribution in [0.2, 0.25) is 0 Å². The molecule has 5 aromatic carbocycles. The third-order valence-electron chi connectivity index (χ3n) is 8.51. The summed E-state index contributed by atoms with van der Waals surface area (Å²) in [7, 11) is 0. The van der Waals surface area contributed by atoms with Gasteiger partial charge >= 0.3 is 0 Å². The molecule has 0 radical (unpaired) electrons. The molecule has 0 fully saturated rings. The van der Waals surface area contributed by atoms with Gasteiger partial charge in [-0.1, -0.05) is 115 Å². The van der Waals surface area contributed by atoms with Crippen LogP contribution in [-0.2, 0) is 37.3 Å². The van der Waals surface area contributed by atoms with Crippen molar-refractivity contribution in [3.05, 3.63) is 172 Å². The van der Waals surface area contributed by atoms with Crippen molar-refractivity contribution in [2.24, 2.45) is 0 Å². The first-order valence-corrected chi connectivity index (χ1v) is 16.5. The van der Waals surface area contributed by atoms with Gasteiger partial charge in [-0.25, -0.2) is 0 Å². The van der Waals surface area contributed by atoms with Crippen LogP contribution in [0.5, 0.6) is 5.75 Å². The molecule has 0 spiro atoms. The Bertz CT molecular complexity index is 1690. The third kappa shape index (κ3) is 10.1. The maximum atomic E-state index is 12.8. The van der Waals surface area contributed by atoms with Gasteiger partial charge < -0.3 is 31.3 Å². The maximum absolute atomic E-state index is 12.8. The number of carbonyl (C=O) groups is 1. The molecule has 248 valence electrons. The van der Waals surface area contributed by atoms with Crippen molar-refractivity contribution < 1.29 is 20.1 Å². The van der Waals surface area contributed by atoms with Crippen molar-refractivity contribution in [3.63, 3.8) is 0 Å². The van der Waals surface area contributed by atoms with Gasteiger partial charge in [-0.15, -0.1) is 0 Å². The molecule has 5 rings (SSSR count). The molecule has 48 heavy (non-hydrogen) atoms. The molecule has 0 aliphatic heterocycles. The molecule has 0 heterocycles. The molecular formula is C41H45N3O4. The number of carbonyl (C=O) groups excluding carboxylic acids is 1. The number of nitrogens with one attached hydrogen (secondary N) is 3. The van der Waals surface area contributed by atoms with Crippen molar-refractivity contribution in [3.8, 4) is 5.75 Å². The van der Waals surface area contributed by atoms with E-state index in [1.54, 1.807) is 12.1 Å². The van der Waals surface area contributed by atoms with Crippen LogP contribution >= 0.6 is 0 Å². The molecule has 0 bridgehead atoms. The monoisotopic (exact) mass is 643 g/mol. The summed E-state index contributed by atoms with van der Waals surface area (Å²) in [4.78, 5) is 12.8. The Hall–Kier alpha value is -4.79. The number of hydrogen-bond acceptors (Lipinski definition) is 6. The van der Waals surface area contributed by atoms with E-state index in [4.69, 9.17) is 0 Å². The molecule has 5 aromatic rings. The van der Waals surface area contributed by atoms with Gasteiger partial charge in [0.1, 0.15) is 5.75 Å². The first kappa shape index (κ1) is 34.5. The summed E-state index contributed by atoms with van der Waals surface area (Å²) in [6.45, 7) is 3.28. The highest BCUT2D eigenvalue weighted by atomic mass is 16.3. The highest BCUT2D eigenvalue weighted by Crippen LogP contribution is 2.24. The van der Waals surface area contributed by atoms with E-state index in [2.05, 4.69) is 94.8 Å². The smallest absolute Gasteiger partial charge is 0.224 e. The lowest BCUT2D eigenvalue weighted by molar-refractivity contribution is -0.120. The van der Waals surface area contributed by atoms with Gasteiger partial charge in [0.05, 0.1) is 25.2 Å². The minimum atomic E-state index is -0.770. The fourth-order valence-electron chi connectivity index (χ4n) is 5.82. The van der Waals surface area contributed by atoms with Crippen LogP contribution in [0.1, 0.15) is 63.6 Å². The molecule has 0 saturated heterocycles. The molecule has 0 aromatic heterocycles. The Morgan fingerprint density at radius 3 is 1.94 bits per heavy atom. The number of benzene rings is 5. The highest BCUT2D eigenvalue weighted by Gasteiger charge is 2.14. The molecular weight excluding hydrogens is 598 g/mol. The van der Waals surface area contributed by atoms with Crippen molar-refractivity contribution in [1.82, 2.24) is 16.0 Å². The molecule has 7 heteroatoms. The van der Waals surface area contributed by atoms with Crippen LogP contribution < -0.4 is 16.0 Å². The number of hydrogen-bond donors (Lipinski definition) is 6. The maximum Gasteiger partial charge on any atom is 0.224 e. The van der Waals surface area contributed by atoms with Crippen LogP contribution in [0.25, 0.3) is 0 Å². The van der Waals surface area contributed by atoms with E-state index in [1.807, 2.05) is 37.3 Å². The van der Waals surface area contributed by atoms with E-state index in [1.165, 1.54) is 22.8 Å². The van der Waals surface area contributed by atoms with E-state index in [0.29, 0.717) is 30.6 Å². The van der Waals surface area contributed by atoms with Crippen molar-refractivity contribution in [2.45, 2.75) is 57.6 Å². The van der Waals surface area contributed by atoms with E-state index < -0.39 is 6.10 Å². The molecule has 0 aliphatic carbocycles. The molecule has 6 N–H and O–H groups in total. The summed E-state index contributed by atoms with van der Waals surface area (Å²) >= 11 is 0. The van der Waals surface area contributed by atoms with E-state index in [9.17, 15) is 20.1 Å². The second kappa shape index (κ2) is 17.4. The fraction of sp³-hybridized carbons (Fsp3) is 0.244. The number of aromatic hydroxyl groups is 1. The van der Waals surface area contributed by atoms with Gasteiger partial charge in [-0.05, 0) is 64.4 Å². The number of rotatable bonds is 16. The first-order chi connectivity index (χ1) is 23.4. The van der Waals surface area contributed by atoms with E-state index in [-0.39, 0.29) is 30.3 Å². The van der Waals surface area contributed by atoms with Crippen molar-refractivity contribution in [2.75, 3.05) is 6.54 Å². The second-order valence-corrected chi connectivity index (χ2v) is 12.3. The largest absolute Gasteiger partial charge is 0.508 e. The zero-order valence-electron chi connectivity index (χ0n) is 27.3. The Labute approximate surface area is 283 Å². The number of aliphatic hydroxyl groups is 2. The standard InChI is InChI=1S/C41H45N3O4/c1-29(42-27-39(47)36-19-20-38(46)37(24-36)28-45)21-32-9-8-10-33(22-32)23-40(48)43-25-30-15-17-31(18-16-30)26-44-41(34-11-4-2-5-12-34)35-13-6-3-7-14-35/h2-20,22,24,29,39,41-42,44-47H,21,23,25-28H2,1H3,(H,43,48)/t29-,39+/m1/s1. The normalized spacial score (nSPS) is 12.5. The molecule has 2 atom stereocenters. The first-order valence-electron chi connectivity index (χ1n) is 16.5. The second-order valence-electron chi connectivity index (χ2n) is 12.3. The van der Waals surface area contributed by atoms with Crippen LogP contribution in [0.15, 0.2) is 127 Å². The van der Waals surface area contributed by atoms with Crippen LogP contribution in [0.3, 0.4) is 0 Å². The predicted molar refractivity (Wildman–Crippen MR) is 190 cm³/mol. The Kier molecular flexibility index (Phi) is 12.5. The van der Waals surface area contributed by atoms with Gasteiger partial charge in [0.25, 0.3) is 0 Å². The molecule has 0 aliphatic rings. The minimum Gasteiger partial charge on any atom is -0.508 e. The van der Waals surface area contributed by atoms with Crippen LogP contribution in [0.4, 0.5) is 0 Å². The lowest BCUT2D eigenvalue weighted by atomic mass is 9.98. The highest BCUT2D eigenvalue weighted by molar-refractivity contribution is 5.78. The summed E-state index contributed by atoms with van der Waals surface area (Å²) in [6.07, 6.45) is 0.260. The Morgan fingerprint density at radius 2 is 1.29 bits per heavy atom. The molecule has 0 saturated carbocycles. The average Bonchev–Trinajstić information content (AvgIpc) is 3.11. The topological polar surface area (TPSA) is 114 Å². The summed E-state index contributed by atoms with van der Waals surface area (Å²) in [5.41, 5.74) is 7.74. The van der Waals surface area contributed by atoms with Gasteiger partial charge in [0.2, 0.25) is 5.91 Å². The summed E-state index contributed by atoms with van der Waals surface area (Å²) in [5.74, 6) is -0.0185. The Balaban J connectivity index is 1.06. The quantitative estimate of drug-likeness (QED) is 0.0801. The van der Waals surface area contributed by atoms with Crippen molar-refractivity contribution >= 4 is 5.91 Å². The summed E-state index contributed by atoms with van der Waals surface area (Å²) in [6, 6.07) is 42.2. The molecule has 1 amide bonds. The van der Waals surface area contributed by atoms with Gasteiger partial charge in [-0.3, -0.25) is 4.79 Å². The van der Waals surface area contributed by atoms with Gasteiger partial charge in [0.15, 0.2) is 0 Å². The fourth-order valence-corrected chi connectivity index (χ4v) is 5.82. The van der Waals surface area contributed by atoms with E-state index in [0.717, 1.165) is 29.7 Å². The zero-order chi connectivity index (χ0) is 33.7. The Morgan fingerprint density at radius 1 is 0.667 bits per heavy atom. The summed E-state index contributed by atoms with van der Waals surface area (Å²) < 4.78 is 0. The van der Waals surface area contributed by atoms with Crippen LogP contribution in [-0.4, -0.2) is 33.8 Å². The minimum absolute atomic E-state index is 0.0121. The molecule has 0 unspecified atom stereocenters. The van der Waals surface area contributed by atoms with Crippen molar-refractivity contribution in [1.29, 1.82) is 0 Å². The van der Waals surface area contributed by atoms with Gasteiger partial charge in [0, 0.05) is 31.2 Å². The third-order valence-corrected chi connectivity index (χ3v) is 8.51. The predicted octanol–water partition coefficient (Wildman–Crippen LogP) is 5.88. The average molecular weight is 644 g/mol. The summed E-state index contributed by atoms with van der Waals surface area (Å²) in [5, 5.41) is 39.8. The number of phenols is 1. The van der Waals surface area contributed by atoms with Crippen LogP contribution in [0, 0.1) is 0 Å².